The van der Waals surface area contributed by atoms with E-state index in [2.05, 4.69) is 5.32 Å². The lowest BCUT2D eigenvalue weighted by Gasteiger charge is -2.31. The zero-order valence-corrected chi connectivity index (χ0v) is 16.1. The van der Waals surface area contributed by atoms with Crippen LogP contribution in [0, 0.1) is 0 Å². The van der Waals surface area contributed by atoms with Crippen LogP contribution in [0.3, 0.4) is 0 Å². The van der Waals surface area contributed by atoms with E-state index in [0.717, 1.165) is 30.7 Å². The standard InChI is InChI=1S/C19H32N4O2/c1-19(2,3)21-18(24)23(13-16-7-6-10-25-16)12-14-11-15(20)8-9-17(14)22(4)5/h8-9,11,16H,6-7,10,12-13,20H2,1-5H3,(H,21,24)/t16-/m0/s1. The van der Waals surface area contributed by atoms with E-state index in [0.29, 0.717) is 18.8 Å². The van der Waals surface area contributed by atoms with Crippen molar-refractivity contribution >= 4 is 17.4 Å². The van der Waals surface area contributed by atoms with Crippen LogP contribution in [-0.2, 0) is 11.3 Å². The van der Waals surface area contributed by atoms with E-state index in [1.165, 1.54) is 0 Å². The van der Waals surface area contributed by atoms with Crippen LogP contribution in [0.1, 0.15) is 39.2 Å². The van der Waals surface area contributed by atoms with E-state index in [1.807, 2.05) is 62.9 Å². The molecular formula is C19H32N4O2. The maximum absolute atomic E-state index is 12.8. The molecule has 1 aliphatic heterocycles. The molecule has 2 rings (SSSR count). The van der Waals surface area contributed by atoms with Gasteiger partial charge in [-0.25, -0.2) is 4.79 Å². The Morgan fingerprint density at radius 3 is 2.64 bits per heavy atom. The molecule has 1 heterocycles. The van der Waals surface area contributed by atoms with Gasteiger partial charge in [0.05, 0.1) is 6.10 Å². The van der Waals surface area contributed by atoms with Crippen molar-refractivity contribution in [2.75, 3.05) is 37.9 Å². The molecule has 0 saturated carbocycles. The van der Waals surface area contributed by atoms with E-state index < -0.39 is 0 Å². The molecule has 3 N–H and O–H groups in total. The van der Waals surface area contributed by atoms with Crippen LogP contribution in [-0.4, -0.2) is 49.8 Å². The summed E-state index contributed by atoms with van der Waals surface area (Å²) in [5.41, 5.74) is 8.50. The van der Waals surface area contributed by atoms with Crippen molar-refractivity contribution < 1.29 is 9.53 Å². The van der Waals surface area contributed by atoms with Crippen LogP contribution in [0.15, 0.2) is 18.2 Å². The number of anilines is 2. The minimum atomic E-state index is -0.286. The van der Waals surface area contributed by atoms with Crippen molar-refractivity contribution in [3.8, 4) is 0 Å². The highest BCUT2D eigenvalue weighted by Crippen LogP contribution is 2.24. The van der Waals surface area contributed by atoms with E-state index in [-0.39, 0.29) is 17.7 Å². The first kappa shape index (κ1) is 19.4. The molecular weight excluding hydrogens is 316 g/mol. The maximum Gasteiger partial charge on any atom is 0.318 e. The molecule has 1 fully saturated rings. The highest BCUT2D eigenvalue weighted by atomic mass is 16.5. The van der Waals surface area contributed by atoms with E-state index in [9.17, 15) is 4.79 Å². The molecule has 6 nitrogen and oxygen atoms in total. The Kier molecular flexibility index (Phi) is 6.16. The Balaban J connectivity index is 2.22. The van der Waals surface area contributed by atoms with Gasteiger partial charge in [0.25, 0.3) is 0 Å². The molecule has 6 heteroatoms. The Morgan fingerprint density at radius 1 is 1.36 bits per heavy atom. The van der Waals surface area contributed by atoms with E-state index in [1.54, 1.807) is 0 Å². The highest BCUT2D eigenvalue weighted by molar-refractivity contribution is 5.75. The summed E-state index contributed by atoms with van der Waals surface area (Å²) in [6, 6.07) is 5.76. The van der Waals surface area contributed by atoms with Gasteiger partial charge in [0.15, 0.2) is 0 Å². The molecule has 1 aromatic rings. The number of urea groups is 1. The Morgan fingerprint density at radius 2 is 2.08 bits per heavy atom. The van der Waals surface area contributed by atoms with Gasteiger partial charge in [0.2, 0.25) is 0 Å². The summed E-state index contributed by atoms with van der Waals surface area (Å²) >= 11 is 0. The van der Waals surface area contributed by atoms with Gasteiger partial charge in [0, 0.05) is 50.7 Å². The van der Waals surface area contributed by atoms with Gasteiger partial charge in [-0.05, 0) is 57.4 Å². The molecule has 1 atom stereocenters. The number of hydrogen-bond acceptors (Lipinski definition) is 4. The molecule has 1 aromatic carbocycles. The molecule has 0 unspecified atom stereocenters. The lowest BCUT2D eigenvalue weighted by Crippen LogP contribution is -2.50. The van der Waals surface area contributed by atoms with Crippen molar-refractivity contribution in [3.05, 3.63) is 23.8 Å². The number of benzene rings is 1. The second-order valence-electron chi connectivity index (χ2n) is 7.98. The van der Waals surface area contributed by atoms with Crippen LogP contribution in [0.2, 0.25) is 0 Å². The Hall–Kier alpha value is -1.95. The largest absolute Gasteiger partial charge is 0.399 e. The summed E-state index contributed by atoms with van der Waals surface area (Å²) in [6.45, 7) is 7.83. The van der Waals surface area contributed by atoms with Gasteiger partial charge < -0.3 is 25.6 Å². The predicted molar refractivity (Wildman–Crippen MR) is 103 cm³/mol. The third-order valence-electron chi connectivity index (χ3n) is 4.16. The number of rotatable bonds is 5. The van der Waals surface area contributed by atoms with E-state index >= 15 is 0 Å². The predicted octanol–water partition coefficient (Wildman–Crippen LogP) is 2.82. The lowest BCUT2D eigenvalue weighted by atomic mass is 10.1. The topological polar surface area (TPSA) is 70.8 Å². The van der Waals surface area contributed by atoms with Crippen molar-refractivity contribution in [1.29, 1.82) is 0 Å². The van der Waals surface area contributed by atoms with Gasteiger partial charge in [0.1, 0.15) is 0 Å². The summed E-state index contributed by atoms with van der Waals surface area (Å²) in [6.07, 6.45) is 2.16. The average molecular weight is 348 g/mol. The number of amides is 2. The summed E-state index contributed by atoms with van der Waals surface area (Å²) in [7, 11) is 3.99. The fourth-order valence-electron chi connectivity index (χ4n) is 3.03. The molecule has 140 valence electrons. The SMILES string of the molecule is CN(C)c1ccc(N)cc1CN(C[C@@H]1CCCO1)C(=O)NC(C)(C)C. The summed E-state index contributed by atoms with van der Waals surface area (Å²) < 4.78 is 5.75. The molecule has 1 saturated heterocycles. The number of nitrogens with zero attached hydrogens (tertiary/aromatic N) is 2. The summed E-state index contributed by atoms with van der Waals surface area (Å²) in [4.78, 5) is 16.7. The number of nitrogen functional groups attached to an aromatic ring is 1. The first-order valence-corrected chi connectivity index (χ1v) is 8.90. The van der Waals surface area contributed by atoms with Gasteiger partial charge in [-0.3, -0.25) is 0 Å². The monoisotopic (exact) mass is 348 g/mol. The smallest absolute Gasteiger partial charge is 0.318 e. The minimum absolute atomic E-state index is 0.0740. The number of carbonyl (C=O) groups is 1. The molecule has 0 spiro atoms. The van der Waals surface area contributed by atoms with Crippen LogP contribution in [0.4, 0.5) is 16.2 Å². The van der Waals surface area contributed by atoms with Crippen LogP contribution >= 0.6 is 0 Å². The molecule has 0 aromatic heterocycles. The zero-order valence-electron chi connectivity index (χ0n) is 16.1. The molecule has 0 radical (unpaired) electrons. The number of hydrogen-bond donors (Lipinski definition) is 2. The van der Waals surface area contributed by atoms with Gasteiger partial charge in [-0.15, -0.1) is 0 Å². The lowest BCUT2D eigenvalue weighted by molar-refractivity contribution is 0.0782. The van der Waals surface area contributed by atoms with Crippen molar-refractivity contribution in [2.24, 2.45) is 0 Å². The number of carbonyl (C=O) groups excluding carboxylic acids is 1. The first-order valence-electron chi connectivity index (χ1n) is 8.90. The molecule has 25 heavy (non-hydrogen) atoms. The third-order valence-corrected chi connectivity index (χ3v) is 4.16. The maximum atomic E-state index is 12.8. The Bertz CT molecular complexity index is 590. The van der Waals surface area contributed by atoms with Gasteiger partial charge in [-0.2, -0.15) is 0 Å². The van der Waals surface area contributed by atoms with Crippen LogP contribution in [0.5, 0.6) is 0 Å². The van der Waals surface area contributed by atoms with Gasteiger partial charge in [-0.1, -0.05) is 0 Å². The fourth-order valence-corrected chi connectivity index (χ4v) is 3.03. The summed E-state index contributed by atoms with van der Waals surface area (Å²) in [5.74, 6) is 0. The second kappa shape index (κ2) is 7.95. The normalized spacial score (nSPS) is 17.4. The molecule has 2 amide bonds. The number of nitrogens with one attached hydrogen (secondary N) is 1. The second-order valence-corrected chi connectivity index (χ2v) is 7.98. The van der Waals surface area contributed by atoms with Crippen LogP contribution < -0.4 is 16.0 Å². The van der Waals surface area contributed by atoms with Gasteiger partial charge >= 0.3 is 6.03 Å². The number of nitrogens with two attached hydrogens (primary N) is 1. The van der Waals surface area contributed by atoms with E-state index in [4.69, 9.17) is 10.5 Å². The summed E-state index contributed by atoms with van der Waals surface area (Å²) in [5, 5.41) is 3.06. The zero-order chi connectivity index (χ0) is 18.6. The molecule has 1 aliphatic rings. The quantitative estimate of drug-likeness (QED) is 0.803. The minimum Gasteiger partial charge on any atom is -0.399 e. The Labute approximate surface area is 151 Å². The van der Waals surface area contributed by atoms with Crippen LogP contribution in [0.25, 0.3) is 0 Å². The number of ether oxygens (including phenoxy) is 1. The molecule has 0 aliphatic carbocycles. The van der Waals surface area contributed by atoms with Crippen molar-refractivity contribution in [1.82, 2.24) is 10.2 Å². The van der Waals surface area contributed by atoms with Crippen molar-refractivity contribution in [3.63, 3.8) is 0 Å². The fraction of sp³-hybridized carbons (Fsp3) is 0.632. The third kappa shape index (κ3) is 5.81. The molecule has 0 bridgehead atoms. The van der Waals surface area contributed by atoms with Crippen molar-refractivity contribution in [2.45, 2.75) is 51.8 Å². The highest BCUT2D eigenvalue weighted by Gasteiger charge is 2.26. The average Bonchev–Trinajstić information content (AvgIpc) is 2.97. The first-order chi connectivity index (χ1) is 11.7.